The van der Waals surface area contributed by atoms with Crippen LogP contribution in [0.25, 0.3) is 0 Å². The van der Waals surface area contributed by atoms with E-state index in [4.69, 9.17) is 4.74 Å². The van der Waals surface area contributed by atoms with Crippen molar-refractivity contribution < 1.29 is 19.1 Å². The number of ether oxygens (including phenoxy) is 1. The average molecular weight is 341 g/mol. The Labute approximate surface area is 145 Å². The van der Waals surface area contributed by atoms with Crippen molar-refractivity contribution in [2.75, 3.05) is 6.54 Å². The Morgan fingerprint density at radius 3 is 2.76 bits per heavy atom. The second-order valence-electron chi connectivity index (χ2n) is 6.87. The van der Waals surface area contributed by atoms with Crippen molar-refractivity contribution in [3.8, 4) is 5.75 Å². The summed E-state index contributed by atoms with van der Waals surface area (Å²) in [4.78, 5) is 12.7. The van der Waals surface area contributed by atoms with Gasteiger partial charge in [-0.25, -0.2) is 9.45 Å². The lowest BCUT2D eigenvalue weighted by atomic mass is 9.72. The summed E-state index contributed by atoms with van der Waals surface area (Å²) in [7, 11) is 0. The first-order valence-electron chi connectivity index (χ1n) is 8.60. The molecule has 25 heavy (non-hydrogen) atoms. The fraction of sp³-hybridized carbons (Fsp3) is 0.350. The van der Waals surface area contributed by atoms with Crippen molar-refractivity contribution in [1.82, 2.24) is 5.06 Å². The number of carbonyl (C=O) groups is 1. The van der Waals surface area contributed by atoms with Crippen molar-refractivity contribution >= 4 is 5.91 Å². The zero-order valence-electron chi connectivity index (χ0n) is 13.8. The lowest BCUT2D eigenvalue weighted by molar-refractivity contribution is -0.162. The molecule has 5 heteroatoms. The number of aryl methyl sites for hydroxylation is 1. The Hall–Kier alpha value is -2.40. The van der Waals surface area contributed by atoms with Crippen LogP contribution >= 0.6 is 0 Å². The Balaban J connectivity index is 1.63. The first kappa shape index (κ1) is 16.1. The summed E-state index contributed by atoms with van der Waals surface area (Å²) in [6.07, 6.45) is 2.40. The third-order valence-corrected chi connectivity index (χ3v) is 5.32. The molecule has 1 spiro atoms. The lowest BCUT2D eigenvalue weighted by Crippen LogP contribution is -2.44. The van der Waals surface area contributed by atoms with E-state index in [1.807, 2.05) is 18.2 Å². The van der Waals surface area contributed by atoms with Gasteiger partial charge in [0.05, 0.1) is 5.41 Å². The quantitative estimate of drug-likeness (QED) is 0.870. The van der Waals surface area contributed by atoms with E-state index in [-0.39, 0.29) is 18.6 Å². The van der Waals surface area contributed by atoms with Gasteiger partial charge in [-0.2, -0.15) is 0 Å². The van der Waals surface area contributed by atoms with Gasteiger partial charge < -0.3 is 4.74 Å². The van der Waals surface area contributed by atoms with Gasteiger partial charge in [0.25, 0.3) is 5.91 Å². The Morgan fingerprint density at radius 2 is 2.04 bits per heavy atom. The van der Waals surface area contributed by atoms with Crippen molar-refractivity contribution in [3.63, 3.8) is 0 Å². The minimum absolute atomic E-state index is 0.145. The topological polar surface area (TPSA) is 49.8 Å². The second-order valence-corrected chi connectivity index (χ2v) is 6.87. The fourth-order valence-electron chi connectivity index (χ4n) is 4.02. The average Bonchev–Trinajstić information content (AvgIpc) is 2.91. The molecule has 0 saturated carbocycles. The van der Waals surface area contributed by atoms with Gasteiger partial charge in [-0.3, -0.25) is 10.0 Å². The van der Waals surface area contributed by atoms with Gasteiger partial charge >= 0.3 is 0 Å². The first-order valence-corrected chi connectivity index (χ1v) is 8.60. The molecule has 2 aliphatic rings. The number of hydrogen-bond donors (Lipinski definition) is 1. The number of halogens is 1. The number of hydrogen-bond acceptors (Lipinski definition) is 3. The number of nitrogens with zero attached hydrogens (tertiary/aromatic N) is 1. The maximum Gasteiger partial charge on any atom is 0.256 e. The molecule has 1 saturated heterocycles. The predicted octanol–water partition coefficient (Wildman–Crippen LogP) is 3.47. The molecule has 2 aliphatic heterocycles. The van der Waals surface area contributed by atoms with Crippen LogP contribution in [-0.2, 0) is 16.6 Å². The number of amides is 1. The highest BCUT2D eigenvalue weighted by Crippen LogP contribution is 2.48. The maximum atomic E-state index is 13.8. The van der Waals surface area contributed by atoms with Gasteiger partial charge in [-0.15, -0.1) is 0 Å². The maximum absolute atomic E-state index is 13.8. The Kier molecular flexibility index (Phi) is 3.96. The number of fused-ring (bicyclic) bond motifs is 2. The van der Waals surface area contributed by atoms with Gasteiger partial charge in [0, 0.05) is 18.5 Å². The van der Waals surface area contributed by atoms with Crippen molar-refractivity contribution in [2.24, 2.45) is 0 Å². The zero-order valence-corrected chi connectivity index (χ0v) is 13.8. The molecule has 0 radical (unpaired) electrons. The minimum atomic E-state index is -0.883. The van der Waals surface area contributed by atoms with Gasteiger partial charge in [-0.05, 0) is 43.0 Å². The number of hydroxylamine groups is 2. The molecular formula is C20H20FNO3. The molecule has 1 fully saturated rings. The molecule has 130 valence electrons. The van der Waals surface area contributed by atoms with E-state index in [1.165, 1.54) is 17.7 Å². The van der Waals surface area contributed by atoms with Crippen LogP contribution in [0.1, 0.15) is 30.4 Å². The highest BCUT2D eigenvalue weighted by Gasteiger charge is 2.53. The van der Waals surface area contributed by atoms with E-state index in [0.717, 1.165) is 17.9 Å². The van der Waals surface area contributed by atoms with Crippen LogP contribution in [0.5, 0.6) is 5.75 Å². The summed E-state index contributed by atoms with van der Waals surface area (Å²) < 4.78 is 19.8. The van der Waals surface area contributed by atoms with Gasteiger partial charge in [0.15, 0.2) is 0 Å². The van der Waals surface area contributed by atoms with E-state index in [1.54, 1.807) is 6.07 Å². The monoisotopic (exact) mass is 341 g/mol. The molecule has 2 heterocycles. The second kappa shape index (κ2) is 6.15. The Bertz CT molecular complexity index is 795. The van der Waals surface area contributed by atoms with Gasteiger partial charge in [0.2, 0.25) is 0 Å². The lowest BCUT2D eigenvalue weighted by Gasteiger charge is -2.38. The normalized spacial score (nSPS) is 25.1. The predicted molar refractivity (Wildman–Crippen MR) is 90.0 cm³/mol. The molecule has 4 nitrogen and oxygen atoms in total. The molecule has 2 aromatic carbocycles. The van der Waals surface area contributed by atoms with Crippen LogP contribution in [0, 0.1) is 5.82 Å². The van der Waals surface area contributed by atoms with Crippen molar-refractivity contribution in [3.05, 3.63) is 65.5 Å². The Morgan fingerprint density at radius 1 is 1.24 bits per heavy atom. The zero-order chi connectivity index (χ0) is 17.4. The molecule has 0 bridgehead atoms. The summed E-state index contributed by atoms with van der Waals surface area (Å²) in [5, 5.41) is 10.6. The van der Waals surface area contributed by atoms with Crippen LogP contribution in [0.15, 0.2) is 48.5 Å². The molecule has 0 aromatic heterocycles. The van der Waals surface area contributed by atoms with Gasteiger partial charge in [-0.1, -0.05) is 30.3 Å². The summed E-state index contributed by atoms with van der Waals surface area (Å²) in [5.41, 5.74) is 0.891. The number of benzene rings is 2. The van der Waals surface area contributed by atoms with E-state index in [0.29, 0.717) is 24.2 Å². The summed E-state index contributed by atoms with van der Waals surface area (Å²) in [6.45, 7) is 0.264. The SMILES string of the molecule is O=C1N(O)CC[C@@]12CC(CCc1ccccc1)Oc1ccc(F)cc12. The largest absolute Gasteiger partial charge is 0.490 e. The number of carbonyl (C=O) groups excluding carboxylic acids is 1. The third-order valence-electron chi connectivity index (χ3n) is 5.32. The minimum Gasteiger partial charge on any atom is -0.490 e. The van der Waals surface area contributed by atoms with E-state index in [9.17, 15) is 14.4 Å². The molecule has 1 amide bonds. The standard InChI is InChI=1S/C20H20FNO3/c21-15-7-9-18-17(12-15)20(10-11-22(24)19(20)23)13-16(25-18)8-6-14-4-2-1-3-5-14/h1-5,7,9,12,16,24H,6,8,10-11,13H2/t16?,20-/m0/s1. The fourth-order valence-corrected chi connectivity index (χ4v) is 4.02. The van der Waals surface area contributed by atoms with Crippen LogP contribution in [0.2, 0.25) is 0 Å². The van der Waals surface area contributed by atoms with E-state index < -0.39 is 11.2 Å². The highest BCUT2D eigenvalue weighted by molar-refractivity contribution is 5.90. The van der Waals surface area contributed by atoms with Crippen molar-refractivity contribution in [1.29, 1.82) is 0 Å². The third kappa shape index (κ3) is 2.78. The number of rotatable bonds is 3. The molecule has 1 unspecified atom stereocenters. The first-order chi connectivity index (χ1) is 12.1. The van der Waals surface area contributed by atoms with Crippen LogP contribution in [0.3, 0.4) is 0 Å². The molecular weight excluding hydrogens is 321 g/mol. The summed E-state index contributed by atoms with van der Waals surface area (Å²) in [5.74, 6) is -0.199. The van der Waals surface area contributed by atoms with Crippen LogP contribution in [0.4, 0.5) is 4.39 Å². The summed E-state index contributed by atoms with van der Waals surface area (Å²) >= 11 is 0. The highest BCUT2D eigenvalue weighted by atomic mass is 19.1. The van der Waals surface area contributed by atoms with Crippen LogP contribution in [-0.4, -0.2) is 28.8 Å². The smallest absolute Gasteiger partial charge is 0.256 e. The molecule has 0 aliphatic carbocycles. The van der Waals surface area contributed by atoms with Crippen molar-refractivity contribution in [2.45, 2.75) is 37.2 Å². The van der Waals surface area contributed by atoms with E-state index >= 15 is 0 Å². The van der Waals surface area contributed by atoms with Gasteiger partial charge in [0.1, 0.15) is 17.7 Å². The summed E-state index contributed by atoms with van der Waals surface area (Å²) in [6, 6.07) is 14.4. The molecule has 2 atom stereocenters. The molecule has 4 rings (SSSR count). The molecule has 1 N–H and O–H groups in total. The van der Waals surface area contributed by atoms with Crippen LogP contribution < -0.4 is 4.74 Å². The molecule has 2 aromatic rings. The van der Waals surface area contributed by atoms with E-state index in [2.05, 4.69) is 12.1 Å².